The second-order valence-corrected chi connectivity index (χ2v) is 1.64. The summed E-state index contributed by atoms with van der Waals surface area (Å²) in [6, 6.07) is 0. The van der Waals surface area contributed by atoms with E-state index >= 15 is 0 Å². The van der Waals surface area contributed by atoms with Gasteiger partial charge in [-0.3, -0.25) is 4.79 Å². The second kappa shape index (κ2) is 3.96. The van der Waals surface area contributed by atoms with E-state index in [0.29, 0.717) is 0 Å². The molecule has 9 heavy (non-hydrogen) atoms. The molecule has 2 radical (unpaired) electrons. The van der Waals surface area contributed by atoms with Crippen molar-refractivity contribution in [3.8, 4) is 0 Å². The highest BCUT2D eigenvalue weighted by Crippen LogP contribution is 1.86. The van der Waals surface area contributed by atoms with Gasteiger partial charge >= 0.3 is 15.8 Å². The Balaban J connectivity index is 4.14. The summed E-state index contributed by atoms with van der Waals surface area (Å²) in [6.07, 6.45) is 0.106. The lowest BCUT2D eigenvalue weighted by Crippen LogP contribution is -2.02. The van der Waals surface area contributed by atoms with E-state index in [-0.39, 0.29) is 6.29 Å². The zero-order valence-corrected chi connectivity index (χ0v) is 5.30. The molecule has 0 aliphatic rings. The SMILES string of the molecule is O=CC(=C[Si]F)C(=O)O. The van der Waals surface area contributed by atoms with Gasteiger partial charge in [0, 0.05) is 0 Å². The number of halogens is 1. The van der Waals surface area contributed by atoms with Gasteiger partial charge in [0.25, 0.3) is 0 Å². The summed E-state index contributed by atoms with van der Waals surface area (Å²) in [5, 5.41) is 8.04. The minimum Gasteiger partial charge on any atom is -0.478 e. The first-order valence-electron chi connectivity index (χ1n) is 1.97. The first-order chi connectivity index (χ1) is 4.22. The Morgan fingerprint density at radius 2 is 2.22 bits per heavy atom. The first-order valence-corrected chi connectivity index (χ1v) is 2.92. The van der Waals surface area contributed by atoms with Crippen molar-refractivity contribution in [1.82, 2.24) is 0 Å². The zero-order chi connectivity index (χ0) is 7.28. The number of hydrogen-bond donors (Lipinski definition) is 1. The molecule has 5 heteroatoms. The second-order valence-electron chi connectivity index (χ2n) is 1.13. The Hall–Kier alpha value is -0.973. The molecule has 1 N–H and O–H groups in total. The van der Waals surface area contributed by atoms with Crippen molar-refractivity contribution in [3.63, 3.8) is 0 Å². The maximum atomic E-state index is 11.3. The van der Waals surface area contributed by atoms with Crippen LogP contribution in [0.1, 0.15) is 0 Å². The Morgan fingerprint density at radius 1 is 1.67 bits per heavy atom. The smallest absolute Gasteiger partial charge is 0.338 e. The monoisotopic (exact) mass is 146 g/mol. The normalized spacial score (nSPS) is 11.0. The summed E-state index contributed by atoms with van der Waals surface area (Å²) < 4.78 is 11.3. The molecule has 3 nitrogen and oxygen atoms in total. The fourth-order valence-electron chi connectivity index (χ4n) is 0.205. The molecule has 0 aromatic rings. The number of carbonyl (C=O) groups is 2. The van der Waals surface area contributed by atoms with E-state index in [1.807, 2.05) is 0 Å². The summed E-state index contributed by atoms with van der Waals surface area (Å²) in [5.74, 6) is -1.39. The van der Waals surface area contributed by atoms with Gasteiger partial charge in [-0.1, -0.05) is 0 Å². The molecule has 0 bridgehead atoms. The topological polar surface area (TPSA) is 54.4 Å². The van der Waals surface area contributed by atoms with E-state index in [9.17, 15) is 13.7 Å². The lowest BCUT2D eigenvalue weighted by molar-refractivity contribution is -0.133. The van der Waals surface area contributed by atoms with Crippen LogP contribution in [0.15, 0.2) is 11.3 Å². The zero-order valence-electron chi connectivity index (χ0n) is 4.30. The van der Waals surface area contributed by atoms with Crippen molar-refractivity contribution < 1.29 is 18.8 Å². The van der Waals surface area contributed by atoms with Crippen LogP contribution in [-0.4, -0.2) is 27.2 Å². The van der Waals surface area contributed by atoms with E-state index in [0.717, 1.165) is 5.70 Å². The van der Waals surface area contributed by atoms with Crippen LogP contribution in [0, 0.1) is 0 Å². The molecule has 0 aromatic heterocycles. The third-order valence-electron chi connectivity index (χ3n) is 0.584. The molecule has 0 aliphatic carbocycles. The van der Waals surface area contributed by atoms with Crippen LogP contribution in [0.2, 0.25) is 0 Å². The van der Waals surface area contributed by atoms with Crippen molar-refractivity contribution in [2.24, 2.45) is 0 Å². The van der Waals surface area contributed by atoms with Gasteiger partial charge in [0.2, 0.25) is 0 Å². The fraction of sp³-hybridized carbons (Fsp3) is 0. The average Bonchev–Trinajstić information content (AvgIpc) is 1.82. The molecule has 0 spiro atoms. The molecule has 0 saturated heterocycles. The number of carboxylic acid groups (broad SMARTS) is 1. The number of aliphatic carboxylic acids is 1. The predicted octanol–water partition coefficient (Wildman–Crippen LogP) is -0.258. The van der Waals surface area contributed by atoms with Gasteiger partial charge in [-0.05, 0) is 5.70 Å². The fourth-order valence-corrected chi connectivity index (χ4v) is 0.514. The number of rotatable bonds is 3. The van der Waals surface area contributed by atoms with E-state index in [1.54, 1.807) is 0 Å². The molecule has 0 rings (SSSR count). The quantitative estimate of drug-likeness (QED) is 0.149. The summed E-state index contributed by atoms with van der Waals surface area (Å²) in [6.45, 7) is 0. The van der Waals surface area contributed by atoms with Crippen molar-refractivity contribution in [1.29, 1.82) is 0 Å². The van der Waals surface area contributed by atoms with Crippen molar-refractivity contribution in [2.75, 3.05) is 0 Å². The number of aldehydes is 1. The molecule has 0 aliphatic heterocycles. The van der Waals surface area contributed by atoms with Crippen molar-refractivity contribution in [2.45, 2.75) is 0 Å². The van der Waals surface area contributed by atoms with E-state index in [1.165, 1.54) is 0 Å². The van der Waals surface area contributed by atoms with Gasteiger partial charge in [0.15, 0.2) is 6.29 Å². The molecule has 0 aromatic carbocycles. The first kappa shape index (κ1) is 8.03. The number of carbonyl (C=O) groups excluding carboxylic acids is 1. The summed E-state index contributed by atoms with van der Waals surface area (Å²) in [7, 11) is -1.14. The van der Waals surface area contributed by atoms with Crippen LogP contribution < -0.4 is 0 Å². The molecule has 0 heterocycles. The van der Waals surface area contributed by atoms with Crippen molar-refractivity contribution >= 4 is 22.1 Å². The van der Waals surface area contributed by atoms with Gasteiger partial charge in [-0.25, -0.2) is 4.79 Å². The average molecular weight is 146 g/mol. The molecule has 0 fully saturated rings. The standard InChI is InChI=1S/C4H3FO3Si/c5-9-2-3(1-6)4(7)8/h1-2H,(H,7,8). The van der Waals surface area contributed by atoms with Gasteiger partial charge in [-0.15, -0.1) is 0 Å². The highest BCUT2D eigenvalue weighted by molar-refractivity contribution is 6.36. The van der Waals surface area contributed by atoms with E-state index in [4.69, 9.17) is 5.11 Å². The predicted molar refractivity (Wildman–Crippen MR) is 28.6 cm³/mol. The molecule has 0 atom stereocenters. The maximum Gasteiger partial charge on any atom is 0.338 e. The van der Waals surface area contributed by atoms with Crippen LogP contribution in [0.5, 0.6) is 0 Å². The van der Waals surface area contributed by atoms with Crippen LogP contribution in [-0.2, 0) is 9.59 Å². The van der Waals surface area contributed by atoms with Crippen LogP contribution >= 0.6 is 0 Å². The largest absolute Gasteiger partial charge is 0.478 e. The van der Waals surface area contributed by atoms with Crippen LogP contribution in [0.3, 0.4) is 0 Å². The summed E-state index contributed by atoms with van der Waals surface area (Å²) in [5.41, 5.74) is 0.200. The summed E-state index contributed by atoms with van der Waals surface area (Å²) in [4.78, 5) is 19.6. The Morgan fingerprint density at radius 3 is 2.33 bits per heavy atom. The third kappa shape index (κ3) is 2.76. The lowest BCUT2D eigenvalue weighted by atomic mass is 10.3. The minimum absolute atomic E-state index is 0.106. The van der Waals surface area contributed by atoms with Gasteiger partial charge in [-0.2, -0.15) is 0 Å². The van der Waals surface area contributed by atoms with Crippen molar-refractivity contribution in [3.05, 3.63) is 11.3 Å². The molecular weight excluding hydrogens is 143 g/mol. The maximum absolute atomic E-state index is 11.3. The highest BCUT2D eigenvalue weighted by atomic mass is 28.3. The van der Waals surface area contributed by atoms with Crippen LogP contribution in [0.4, 0.5) is 4.11 Å². The number of carboxylic acids is 1. The lowest BCUT2D eigenvalue weighted by Gasteiger charge is -1.84. The minimum atomic E-state index is -1.39. The number of hydrogen-bond acceptors (Lipinski definition) is 2. The van der Waals surface area contributed by atoms with Crippen LogP contribution in [0.25, 0.3) is 0 Å². The molecule has 48 valence electrons. The van der Waals surface area contributed by atoms with Gasteiger partial charge < -0.3 is 9.21 Å². The third-order valence-corrected chi connectivity index (χ3v) is 1.00. The molecule has 0 unspecified atom stereocenters. The van der Waals surface area contributed by atoms with E-state index < -0.39 is 21.4 Å². The highest BCUT2D eigenvalue weighted by Gasteiger charge is 2.03. The Bertz CT molecular complexity index is 154. The molecule has 0 saturated carbocycles. The molecule has 0 amide bonds. The van der Waals surface area contributed by atoms with Gasteiger partial charge in [0.1, 0.15) is 0 Å². The molecular formula is C4H3FO3Si. The van der Waals surface area contributed by atoms with Gasteiger partial charge in [0.05, 0.1) is 5.57 Å². The Kier molecular flexibility index (Phi) is 3.53. The van der Waals surface area contributed by atoms with E-state index in [2.05, 4.69) is 0 Å². The Labute approximate surface area is 53.2 Å². The summed E-state index contributed by atoms with van der Waals surface area (Å²) >= 11 is 0.